The van der Waals surface area contributed by atoms with E-state index in [1.807, 2.05) is 42.5 Å². The van der Waals surface area contributed by atoms with Crippen LogP contribution in [0.2, 0.25) is 10.0 Å². The Morgan fingerprint density at radius 1 is 0.905 bits per heavy atom. The molecule has 1 aromatic heterocycles. The van der Waals surface area contributed by atoms with E-state index in [4.69, 9.17) is 28.5 Å². The van der Waals surface area contributed by atoms with Crippen LogP contribution in [0, 0.1) is 11.3 Å². The Morgan fingerprint density at radius 3 is 2.24 bits per heavy atom. The number of aromatic nitrogens is 3. The Morgan fingerprint density at radius 2 is 1.57 bits per heavy atom. The zero-order valence-corrected chi connectivity index (χ0v) is 12.2. The molecule has 0 aliphatic carbocycles. The van der Waals surface area contributed by atoms with Crippen LogP contribution in [0.1, 0.15) is 5.69 Å². The summed E-state index contributed by atoms with van der Waals surface area (Å²) in [5.74, 6) is 0. The van der Waals surface area contributed by atoms with Crippen molar-refractivity contribution in [2.24, 2.45) is 0 Å². The quantitative estimate of drug-likeness (QED) is 0.766. The highest BCUT2D eigenvalue weighted by Gasteiger charge is 2.09. The lowest BCUT2D eigenvalue weighted by Gasteiger charge is -2.04. The molecule has 0 saturated carbocycles. The second-order valence-electron chi connectivity index (χ2n) is 4.35. The minimum absolute atomic E-state index is 0.345. The molecule has 3 rings (SSSR count). The van der Waals surface area contributed by atoms with Crippen LogP contribution in [0.5, 0.6) is 0 Å². The molecule has 0 saturated heterocycles. The van der Waals surface area contributed by atoms with Crippen molar-refractivity contribution in [2.75, 3.05) is 0 Å². The highest BCUT2D eigenvalue weighted by Crippen LogP contribution is 2.30. The van der Waals surface area contributed by atoms with Crippen molar-refractivity contribution in [2.45, 2.75) is 0 Å². The van der Waals surface area contributed by atoms with E-state index < -0.39 is 0 Å². The summed E-state index contributed by atoms with van der Waals surface area (Å²) in [6.45, 7) is 0. The maximum absolute atomic E-state index is 8.97. The molecule has 21 heavy (non-hydrogen) atoms. The monoisotopic (exact) mass is 314 g/mol. The summed E-state index contributed by atoms with van der Waals surface area (Å²) in [5.41, 5.74) is 3.68. The van der Waals surface area contributed by atoms with Gasteiger partial charge in [0.05, 0.1) is 10.0 Å². The SMILES string of the molecule is N#Cc1[nH]nnc1-c1ccc(-c2ccc(Cl)c(Cl)c2)cc1. The summed E-state index contributed by atoms with van der Waals surface area (Å²) in [4.78, 5) is 0. The summed E-state index contributed by atoms with van der Waals surface area (Å²) in [6.07, 6.45) is 0. The lowest BCUT2D eigenvalue weighted by molar-refractivity contribution is 0.937. The van der Waals surface area contributed by atoms with Gasteiger partial charge in [0, 0.05) is 5.56 Å². The molecular formula is C15H8Cl2N4. The number of hydrogen-bond donors (Lipinski definition) is 1. The van der Waals surface area contributed by atoms with Gasteiger partial charge < -0.3 is 0 Å². The number of hydrogen-bond acceptors (Lipinski definition) is 3. The molecule has 0 bridgehead atoms. The van der Waals surface area contributed by atoms with Crippen molar-refractivity contribution in [3.63, 3.8) is 0 Å². The summed E-state index contributed by atoms with van der Waals surface area (Å²) in [7, 11) is 0. The normalized spacial score (nSPS) is 10.3. The molecule has 0 aliphatic rings. The fourth-order valence-electron chi connectivity index (χ4n) is 2.00. The van der Waals surface area contributed by atoms with Crippen molar-refractivity contribution in [3.05, 3.63) is 58.2 Å². The summed E-state index contributed by atoms with van der Waals surface area (Å²) in [6, 6.07) is 15.1. The van der Waals surface area contributed by atoms with Crippen LogP contribution in [0.25, 0.3) is 22.4 Å². The summed E-state index contributed by atoms with van der Waals surface area (Å²) in [5, 5.41) is 20.1. The third-order valence-electron chi connectivity index (χ3n) is 3.07. The first-order valence-electron chi connectivity index (χ1n) is 6.06. The van der Waals surface area contributed by atoms with E-state index in [1.54, 1.807) is 6.07 Å². The number of benzene rings is 2. The Kier molecular flexibility index (Phi) is 3.61. The lowest BCUT2D eigenvalue weighted by atomic mass is 10.0. The summed E-state index contributed by atoms with van der Waals surface area (Å²) < 4.78 is 0. The van der Waals surface area contributed by atoms with E-state index in [0.717, 1.165) is 16.7 Å². The van der Waals surface area contributed by atoms with Crippen molar-refractivity contribution >= 4 is 23.2 Å². The van der Waals surface area contributed by atoms with Crippen LogP contribution >= 0.6 is 23.2 Å². The molecule has 0 atom stereocenters. The van der Waals surface area contributed by atoms with Crippen LogP contribution in [0.4, 0.5) is 0 Å². The minimum Gasteiger partial charge on any atom is -0.247 e. The zero-order valence-electron chi connectivity index (χ0n) is 10.6. The van der Waals surface area contributed by atoms with Gasteiger partial charge in [0.25, 0.3) is 0 Å². The van der Waals surface area contributed by atoms with E-state index in [9.17, 15) is 0 Å². The predicted molar refractivity (Wildman–Crippen MR) is 82.0 cm³/mol. The number of nitrogens with one attached hydrogen (secondary N) is 1. The first kappa shape index (κ1) is 13.6. The summed E-state index contributed by atoms with van der Waals surface area (Å²) >= 11 is 11.9. The number of rotatable bonds is 2. The van der Waals surface area contributed by atoms with E-state index in [-0.39, 0.29) is 0 Å². The molecular weight excluding hydrogens is 307 g/mol. The maximum Gasteiger partial charge on any atom is 0.163 e. The largest absolute Gasteiger partial charge is 0.247 e. The highest BCUT2D eigenvalue weighted by molar-refractivity contribution is 6.42. The lowest BCUT2D eigenvalue weighted by Crippen LogP contribution is -1.84. The Labute approximate surface area is 130 Å². The van der Waals surface area contributed by atoms with Crippen LogP contribution in [-0.2, 0) is 0 Å². The van der Waals surface area contributed by atoms with Gasteiger partial charge in [-0.3, -0.25) is 0 Å². The van der Waals surface area contributed by atoms with Gasteiger partial charge in [0.15, 0.2) is 5.69 Å². The topological polar surface area (TPSA) is 65.4 Å². The number of aromatic amines is 1. The van der Waals surface area contributed by atoms with Gasteiger partial charge in [-0.1, -0.05) is 58.7 Å². The Hall–Kier alpha value is -2.35. The first-order chi connectivity index (χ1) is 10.2. The van der Waals surface area contributed by atoms with Gasteiger partial charge >= 0.3 is 0 Å². The van der Waals surface area contributed by atoms with Crippen molar-refractivity contribution in [1.82, 2.24) is 15.4 Å². The van der Waals surface area contributed by atoms with Gasteiger partial charge in [-0.05, 0) is 23.3 Å². The number of nitrogens with zero attached hydrogens (tertiary/aromatic N) is 3. The van der Waals surface area contributed by atoms with Gasteiger partial charge in [0.2, 0.25) is 0 Å². The second kappa shape index (κ2) is 5.57. The molecule has 3 aromatic rings. The minimum atomic E-state index is 0.345. The standard InChI is InChI=1S/C15H8Cl2N4/c16-12-6-5-11(7-13(12)17)9-1-3-10(4-2-9)15-14(8-18)19-21-20-15/h1-7H,(H,19,20,21). The van der Waals surface area contributed by atoms with Gasteiger partial charge in [-0.15, -0.1) is 5.10 Å². The fraction of sp³-hybridized carbons (Fsp3) is 0. The molecule has 4 nitrogen and oxygen atoms in total. The molecule has 0 amide bonds. The first-order valence-corrected chi connectivity index (χ1v) is 6.81. The average molecular weight is 315 g/mol. The van der Waals surface area contributed by atoms with Gasteiger partial charge in [-0.25, -0.2) is 5.10 Å². The van der Waals surface area contributed by atoms with Crippen molar-refractivity contribution in [3.8, 4) is 28.5 Å². The average Bonchev–Trinajstić information content (AvgIpc) is 2.99. The van der Waals surface area contributed by atoms with Crippen LogP contribution in [-0.4, -0.2) is 15.4 Å². The van der Waals surface area contributed by atoms with Crippen LogP contribution < -0.4 is 0 Å². The fourth-order valence-corrected chi connectivity index (χ4v) is 2.30. The molecule has 1 heterocycles. The third kappa shape index (κ3) is 2.62. The Bertz CT molecular complexity index is 832. The second-order valence-corrected chi connectivity index (χ2v) is 5.17. The van der Waals surface area contributed by atoms with Crippen LogP contribution in [0.15, 0.2) is 42.5 Å². The van der Waals surface area contributed by atoms with E-state index in [1.165, 1.54) is 0 Å². The van der Waals surface area contributed by atoms with E-state index in [2.05, 4.69) is 15.4 Å². The van der Waals surface area contributed by atoms with Gasteiger partial charge in [-0.2, -0.15) is 5.26 Å². The molecule has 0 radical (unpaired) electrons. The van der Waals surface area contributed by atoms with Crippen LogP contribution in [0.3, 0.4) is 0 Å². The molecule has 2 aromatic carbocycles. The Balaban J connectivity index is 1.98. The smallest absolute Gasteiger partial charge is 0.163 e. The molecule has 102 valence electrons. The molecule has 0 aliphatic heterocycles. The van der Waals surface area contributed by atoms with Gasteiger partial charge in [0.1, 0.15) is 11.8 Å². The molecule has 6 heteroatoms. The van der Waals surface area contributed by atoms with Crippen molar-refractivity contribution in [1.29, 1.82) is 5.26 Å². The number of H-pyrrole nitrogens is 1. The maximum atomic E-state index is 8.97. The van der Waals surface area contributed by atoms with Crippen molar-refractivity contribution < 1.29 is 0 Å². The third-order valence-corrected chi connectivity index (χ3v) is 3.81. The highest BCUT2D eigenvalue weighted by atomic mass is 35.5. The molecule has 0 fully saturated rings. The van der Waals surface area contributed by atoms with E-state index >= 15 is 0 Å². The molecule has 0 spiro atoms. The number of halogens is 2. The molecule has 1 N–H and O–H groups in total. The predicted octanol–water partition coefficient (Wildman–Crippen LogP) is 4.32. The molecule has 0 unspecified atom stereocenters. The van der Waals surface area contributed by atoms with E-state index in [0.29, 0.717) is 21.4 Å². The number of nitriles is 1. The zero-order chi connectivity index (χ0) is 14.8.